The van der Waals surface area contributed by atoms with Gasteiger partial charge in [-0.1, -0.05) is 18.5 Å². The summed E-state index contributed by atoms with van der Waals surface area (Å²) in [5, 5.41) is 4.53. The van der Waals surface area contributed by atoms with Crippen LogP contribution in [0.4, 0.5) is 0 Å². The third-order valence-corrected chi connectivity index (χ3v) is 3.76. The van der Waals surface area contributed by atoms with Crippen LogP contribution in [0.5, 0.6) is 17.2 Å². The predicted molar refractivity (Wildman–Crippen MR) is 106 cm³/mol. The van der Waals surface area contributed by atoms with E-state index >= 15 is 0 Å². The predicted octanol–water partition coefficient (Wildman–Crippen LogP) is 4.30. The lowest BCUT2D eigenvalue weighted by atomic mass is 10.2. The number of ether oxygens (including phenoxy) is 3. The molecule has 0 atom stereocenters. The van der Waals surface area contributed by atoms with Gasteiger partial charge in [-0.15, -0.1) is 0 Å². The van der Waals surface area contributed by atoms with E-state index in [1.807, 2.05) is 13.8 Å². The first-order valence-corrected chi connectivity index (χ1v) is 9.03. The van der Waals surface area contributed by atoms with E-state index in [4.69, 9.17) is 25.8 Å². The number of halogens is 1. The molecule has 2 rings (SSSR count). The maximum atomic E-state index is 12.4. The summed E-state index contributed by atoms with van der Waals surface area (Å²) in [4.78, 5) is 12.4. The number of methoxy groups -OCH3 is 1. The molecule has 0 spiro atoms. The second-order valence-electron chi connectivity index (χ2n) is 5.53. The molecule has 0 aliphatic heterocycles. The third kappa shape index (κ3) is 5.89. The molecule has 2 aromatic carbocycles. The smallest absolute Gasteiger partial charge is 0.271 e. The number of benzene rings is 2. The highest BCUT2D eigenvalue weighted by atomic mass is 35.5. The maximum Gasteiger partial charge on any atom is 0.271 e. The van der Waals surface area contributed by atoms with Gasteiger partial charge in [0.1, 0.15) is 5.75 Å². The number of hydrazone groups is 1. The van der Waals surface area contributed by atoms with Crippen LogP contribution in [0.25, 0.3) is 0 Å². The molecule has 0 saturated heterocycles. The van der Waals surface area contributed by atoms with E-state index in [1.54, 1.807) is 43.5 Å². The third-order valence-electron chi connectivity index (χ3n) is 3.53. The van der Waals surface area contributed by atoms with Crippen LogP contribution in [0.3, 0.4) is 0 Å². The van der Waals surface area contributed by atoms with E-state index in [2.05, 4.69) is 10.5 Å². The van der Waals surface area contributed by atoms with Gasteiger partial charge in [0.05, 0.1) is 26.5 Å². The van der Waals surface area contributed by atoms with Crippen molar-refractivity contribution in [2.24, 2.45) is 5.10 Å². The summed E-state index contributed by atoms with van der Waals surface area (Å²) in [6.45, 7) is 4.95. The quantitative estimate of drug-likeness (QED) is 0.512. The van der Waals surface area contributed by atoms with E-state index in [1.165, 1.54) is 6.21 Å². The Morgan fingerprint density at radius 3 is 2.59 bits per heavy atom. The monoisotopic (exact) mass is 390 g/mol. The zero-order valence-corrected chi connectivity index (χ0v) is 16.4. The Balaban J connectivity index is 2.11. The number of carbonyl (C=O) groups excluding carboxylic acids is 1. The highest BCUT2D eigenvalue weighted by Crippen LogP contribution is 2.28. The van der Waals surface area contributed by atoms with Crippen LogP contribution in [0, 0.1) is 0 Å². The van der Waals surface area contributed by atoms with E-state index in [-0.39, 0.29) is 5.91 Å². The summed E-state index contributed by atoms with van der Waals surface area (Å²) >= 11 is 5.98. The molecular formula is C20H23ClN2O4. The first kappa shape index (κ1) is 20.6. The Hall–Kier alpha value is -2.73. The van der Waals surface area contributed by atoms with Gasteiger partial charge in [0.25, 0.3) is 5.91 Å². The number of carbonyl (C=O) groups is 1. The van der Waals surface area contributed by atoms with Crippen LogP contribution in [0.1, 0.15) is 36.2 Å². The summed E-state index contributed by atoms with van der Waals surface area (Å²) in [5.41, 5.74) is 3.56. The number of amides is 1. The topological polar surface area (TPSA) is 69.2 Å². The van der Waals surface area contributed by atoms with Crippen molar-refractivity contribution >= 4 is 23.7 Å². The lowest BCUT2D eigenvalue weighted by Gasteiger charge is -2.12. The maximum absolute atomic E-state index is 12.4. The van der Waals surface area contributed by atoms with Crippen LogP contribution in [-0.2, 0) is 0 Å². The van der Waals surface area contributed by atoms with Gasteiger partial charge < -0.3 is 14.2 Å². The molecule has 0 fully saturated rings. The molecule has 0 aliphatic rings. The van der Waals surface area contributed by atoms with Crippen LogP contribution >= 0.6 is 11.6 Å². The highest BCUT2D eigenvalue weighted by Gasteiger charge is 2.11. The van der Waals surface area contributed by atoms with Crippen molar-refractivity contribution in [3.63, 3.8) is 0 Å². The lowest BCUT2D eigenvalue weighted by molar-refractivity contribution is 0.0954. The van der Waals surface area contributed by atoms with Crippen LogP contribution in [0.2, 0.25) is 5.02 Å². The molecular weight excluding hydrogens is 368 g/mol. The molecule has 0 unspecified atom stereocenters. The molecule has 0 heterocycles. The summed E-state index contributed by atoms with van der Waals surface area (Å²) in [5.74, 6) is 1.38. The van der Waals surface area contributed by atoms with Gasteiger partial charge in [0.2, 0.25) is 0 Å². The highest BCUT2D eigenvalue weighted by molar-refractivity contribution is 6.30. The van der Waals surface area contributed by atoms with Crippen molar-refractivity contribution in [1.82, 2.24) is 5.43 Å². The molecule has 0 bridgehead atoms. The molecule has 2 aromatic rings. The molecule has 0 aliphatic carbocycles. The summed E-state index contributed by atoms with van der Waals surface area (Å²) in [7, 11) is 1.55. The Labute approximate surface area is 164 Å². The van der Waals surface area contributed by atoms with Crippen molar-refractivity contribution in [2.45, 2.75) is 20.3 Å². The standard InChI is InChI=1S/C20H23ClN2O4/c1-4-10-27-18-8-6-14(12-19(18)26-5-2)20(24)23-22-13-15-11-16(21)7-9-17(15)25-3/h6-9,11-13H,4-5,10H2,1-3H3,(H,23,24)/b22-13+. The fraction of sp³-hybridized carbons (Fsp3) is 0.300. The minimum atomic E-state index is -0.366. The largest absolute Gasteiger partial charge is 0.496 e. The first-order chi connectivity index (χ1) is 13.1. The van der Waals surface area contributed by atoms with Gasteiger partial charge in [-0.05, 0) is 49.7 Å². The van der Waals surface area contributed by atoms with Crippen LogP contribution in [0.15, 0.2) is 41.5 Å². The van der Waals surface area contributed by atoms with Crippen molar-refractivity contribution in [3.05, 3.63) is 52.5 Å². The summed E-state index contributed by atoms with van der Waals surface area (Å²) in [6, 6.07) is 10.2. The number of hydrogen-bond acceptors (Lipinski definition) is 5. The zero-order chi connectivity index (χ0) is 19.6. The molecule has 1 N–H and O–H groups in total. The Kier molecular flexibility index (Phi) is 7.95. The first-order valence-electron chi connectivity index (χ1n) is 8.65. The summed E-state index contributed by atoms with van der Waals surface area (Å²) < 4.78 is 16.4. The molecule has 0 radical (unpaired) electrons. The SMILES string of the molecule is CCCOc1ccc(C(=O)N/N=C/c2cc(Cl)ccc2OC)cc1OCC. The van der Waals surface area contributed by atoms with Crippen molar-refractivity contribution in [1.29, 1.82) is 0 Å². The number of nitrogens with zero attached hydrogens (tertiary/aromatic N) is 1. The van der Waals surface area contributed by atoms with Gasteiger partial charge in [-0.3, -0.25) is 4.79 Å². The van der Waals surface area contributed by atoms with Crippen molar-refractivity contribution in [3.8, 4) is 17.2 Å². The second kappa shape index (κ2) is 10.4. The molecule has 0 saturated carbocycles. The van der Waals surface area contributed by atoms with E-state index in [0.717, 1.165) is 6.42 Å². The number of hydrogen-bond donors (Lipinski definition) is 1. The van der Waals surface area contributed by atoms with Crippen molar-refractivity contribution in [2.75, 3.05) is 20.3 Å². The molecule has 144 valence electrons. The van der Waals surface area contributed by atoms with E-state index in [0.29, 0.717) is 46.6 Å². The minimum absolute atomic E-state index is 0.366. The minimum Gasteiger partial charge on any atom is -0.496 e. The van der Waals surface area contributed by atoms with Crippen LogP contribution in [-0.4, -0.2) is 32.4 Å². The van der Waals surface area contributed by atoms with Gasteiger partial charge in [0, 0.05) is 16.1 Å². The average Bonchev–Trinajstić information content (AvgIpc) is 2.67. The number of rotatable bonds is 9. The molecule has 7 heteroatoms. The molecule has 6 nitrogen and oxygen atoms in total. The van der Waals surface area contributed by atoms with Crippen LogP contribution < -0.4 is 19.6 Å². The molecule has 27 heavy (non-hydrogen) atoms. The van der Waals surface area contributed by atoms with Gasteiger partial charge >= 0.3 is 0 Å². The Morgan fingerprint density at radius 2 is 1.89 bits per heavy atom. The lowest BCUT2D eigenvalue weighted by Crippen LogP contribution is -2.18. The van der Waals surface area contributed by atoms with E-state index in [9.17, 15) is 4.79 Å². The normalized spacial score (nSPS) is 10.7. The van der Waals surface area contributed by atoms with Crippen molar-refractivity contribution < 1.29 is 19.0 Å². The fourth-order valence-electron chi connectivity index (χ4n) is 2.28. The molecule has 0 aromatic heterocycles. The Morgan fingerprint density at radius 1 is 1.11 bits per heavy atom. The zero-order valence-electron chi connectivity index (χ0n) is 15.6. The molecule has 1 amide bonds. The summed E-state index contributed by atoms with van der Waals surface area (Å²) in [6.07, 6.45) is 2.36. The average molecular weight is 391 g/mol. The van der Waals surface area contributed by atoms with E-state index < -0.39 is 0 Å². The second-order valence-corrected chi connectivity index (χ2v) is 5.96. The fourth-order valence-corrected chi connectivity index (χ4v) is 2.46. The number of nitrogens with one attached hydrogen (secondary N) is 1. The van der Waals surface area contributed by atoms with Gasteiger partial charge in [-0.2, -0.15) is 5.10 Å². The van der Waals surface area contributed by atoms with Gasteiger partial charge in [-0.25, -0.2) is 5.43 Å². The van der Waals surface area contributed by atoms with Gasteiger partial charge in [0.15, 0.2) is 11.5 Å². The Bertz CT molecular complexity index is 809.